The lowest BCUT2D eigenvalue weighted by molar-refractivity contribution is -0.0126. The summed E-state index contributed by atoms with van der Waals surface area (Å²) in [6, 6.07) is 19.0. The first-order valence-electron chi connectivity index (χ1n) is 7.23. The van der Waals surface area contributed by atoms with Crippen LogP contribution in [0.3, 0.4) is 0 Å². The van der Waals surface area contributed by atoms with Crippen LogP contribution in [-0.2, 0) is 4.74 Å². The zero-order valence-electron chi connectivity index (χ0n) is 12.4. The minimum atomic E-state index is -0.459. The van der Waals surface area contributed by atoms with E-state index in [1.807, 2.05) is 24.3 Å². The Labute approximate surface area is 154 Å². The normalized spacial score (nSPS) is 26.3. The van der Waals surface area contributed by atoms with E-state index in [0.29, 0.717) is 10.0 Å². The van der Waals surface area contributed by atoms with Gasteiger partial charge in [-0.3, -0.25) is 0 Å². The molecule has 1 fully saturated rings. The predicted molar refractivity (Wildman–Crippen MR) is 95.9 cm³/mol. The summed E-state index contributed by atoms with van der Waals surface area (Å²) in [5.41, 5.74) is 1.74. The molecule has 0 N–H and O–H groups in total. The Bertz CT molecular complexity index is 728. The van der Waals surface area contributed by atoms with E-state index in [-0.39, 0.29) is 0 Å². The molecule has 0 aromatic heterocycles. The molecule has 2 aromatic rings. The topological polar surface area (TPSA) is 56.8 Å². The van der Waals surface area contributed by atoms with Gasteiger partial charge in [0.05, 0.1) is 12.1 Å². The molecule has 3 nitrogen and oxygen atoms in total. The van der Waals surface area contributed by atoms with Crippen molar-refractivity contribution in [2.75, 3.05) is 0 Å². The van der Waals surface area contributed by atoms with Crippen LogP contribution in [0.4, 0.5) is 0 Å². The third-order valence-electron chi connectivity index (χ3n) is 3.79. The predicted octanol–water partition coefficient (Wildman–Crippen LogP) is 5.32. The molecule has 24 heavy (non-hydrogen) atoms. The molecule has 1 aliphatic heterocycles. The molecule has 0 spiro atoms. The van der Waals surface area contributed by atoms with Gasteiger partial charge in [0.1, 0.15) is 22.7 Å². The molecule has 2 aromatic carbocycles. The van der Waals surface area contributed by atoms with E-state index in [4.69, 9.17) is 27.9 Å². The van der Waals surface area contributed by atoms with Crippen molar-refractivity contribution in [3.05, 3.63) is 69.7 Å². The highest BCUT2D eigenvalue weighted by Gasteiger charge is 2.40. The fourth-order valence-corrected chi connectivity index (χ4v) is 4.03. The quantitative estimate of drug-likeness (QED) is 0.713. The SMILES string of the molecule is N#C[C@@H]1S[C@H](C#N)[C@H](c2ccc(Cl)cc2)O[C@@H]1c1ccc(Cl)cc1. The van der Waals surface area contributed by atoms with Gasteiger partial charge in [0, 0.05) is 10.0 Å². The molecule has 1 aliphatic rings. The average molecular weight is 375 g/mol. The number of hydrogen-bond acceptors (Lipinski definition) is 4. The minimum absolute atomic E-state index is 0.428. The molecule has 1 heterocycles. The van der Waals surface area contributed by atoms with Crippen LogP contribution in [-0.4, -0.2) is 10.5 Å². The second-order valence-electron chi connectivity index (χ2n) is 5.32. The van der Waals surface area contributed by atoms with Gasteiger partial charge in [0.15, 0.2) is 0 Å². The number of nitrogens with zero attached hydrogens (tertiary/aromatic N) is 2. The van der Waals surface area contributed by atoms with Crippen LogP contribution < -0.4 is 0 Å². The van der Waals surface area contributed by atoms with Crippen LogP contribution in [0.15, 0.2) is 48.5 Å². The summed E-state index contributed by atoms with van der Waals surface area (Å²) in [7, 11) is 0. The molecule has 1 saturated heterocycles. The molecule has 0 radical (unpaired) electrons. The number of ether oxygens (including phenoxy) is 1. The van der Waals surface area contributed by atoms with E-state index in [1.54, 1.807) is 24.3 Å². The number of rotatable bonds is 2. The lowest BCUT2D eigenvalue weighted by Gasteiger charge is -2.36. The first-order chi connectivity index (χ1) is 11.6. The number of nitriles is 2. The summed E-state index contributed by atoms with van der Waals surface area (Å²) in [6.07, 6.45) is -0.856. The monoisotopic (exact) mass is 374 g/mol. The van der Waals surface area contributed by atoms with Gasteiger partial charge >= 0.3 is 0 Å². The molecule has 120 valence electrons. The van der Waals surface area contributed by atoms with Gasteiger partial charge < -0.3 is 4.74 Å². The Morgan fingerprint density at radius 3 is 1.46 bits per heavy atom. The van der Waals surface area contributed by atoms with E-state index in [1.165, 1.54) is 11.8 Å². The van der Waals surface area contributed by atoms with Crippen LogP contribution in [0.5, 0.6) is 0 Å². The highest BCUT2D eigenvalue weighted by molar-refractivity contribution is 8.01. The van der Waals surface area contributed by atoms with E-state index < -0.39 is 22.7 Å². The molecule has 0 saturated carbocycles. The van der Waals surface area contributed by atoms with Crippen molar-refractivity contribution in [3.63, 3.8) is 0 Å². The zero-order valence-corrected chi connectivity index (χ0v) is 14.7. The van der Waals surface area contributed by atoms with Gasteiger partial charge in [-0.25, -0.2) is 0 Å². The van der Waals surface area contributed by atoms with E-state index >= 15 is 0 Å². The van der Waals surface area contributed by atoms with E-state index in [0.717, 1.165) is 11.1 Å². The molecule has 4 atom stereocenters. The molecular weight excluding hydrogens is 363 g/mol. The van der Waals surface area contributed by atoms with Crippen molar-refractivity contribution >= 4 is 35.0 Å². The Balaban J connectivity index is 1.95. The summed E-state index contributed by atoms with van der Waals surface area (Å²) >= 11 is 13.2. The second-order valence-corrected chi connectivity index (χ2v) is 7.48. The molecule has 0 amide bonds. The standard InChI is InChI=1S/C18H12Cl2N2OS/c19-13-5-1-11(2-6-13)17-15(9-21)24-16(10-22)18(23-17)12-3-7-14(20)8-4-12/h1-8,15-18H/t15-,16+,17+,18-. The Morgan fingerprint density at radius 2 is 1.12 bits per heavy atom. The van der Waals surface area contributed by atoms with Crippen molar-refractivity contribution in [1.29, 1.82) is 10.5 Å². The smallest absolute Gasteiger partial charge is 0.123 e. The van der Waals surface area contributed by atoms with Crippen LogP contribution in [0.2, 0.25) is 10.0 Å². The third kappa shape index (κ3) is 3.53. The minimum Gasteiger partial charge on any atom is -0.361 e. The summed E-state index contributed by atoms with van der Waals surface area (Å²) in [6.45, 7) is 0. The lowest BCUT2D eigenvalue weighted by atomic mass is 10.0. The zero-order chi connectivity index (χ0) is 17.1. The number of halogens is 2. The molecule has 6 heteroatoms. The van der Waals surface area contributed by atoms with Crippen molar-refractivity contribution < 1.29 is 4.74 Å². The van der Waals surface area contributed by atoms with Crippen molar-refractivity contribution in [2.24, 2.45) is 0 Å². The molecule has 3 rings (SSSR count). The van der Waals surface area contributed by atoms with Crippen molar-refractivity contribution in [2.45, 2.75) is 22.7 Å². The Kier molecular flexibility index (Phi) is 5.33. The van der Waals surface area contributed by atoms with Gasteiger partial charge in [0.25, 0.3) is 0 Å². The fourth-order valence-electron chi connectivity index (χ4n) is 2.61. The van der Waals surface area contributed by atoms with Crippen molar-refractivity contribution in [1.82, 2.24) is 0 Å². The Hall–Kier alpha value is -1.69. The van der Waals surface area contributed by atoms with Crippen LogP contribution in [0, 0.1) is 22.7 Å². The summed E-state index contributed by atoms with van der Waals surface area (Å²) in [5, 5.41) is 19.3. The van der Waals surface area contributed by atoms with E-state index in [2.05, 4.69) is 12.1 Å². The maximum Gasteiger partial charge on any atom is 0.123 e. The summed E-state index contributed by atoms with van der Waals surface area (Å²) < 4.78 is 6.19. The average Bonchev–Trinajstić information content (AvgIpc) is 2.62. The summed E-state index contributed by atoms with van der Waals surface area (Å²) in [4.78, 5) is 0. The first-order valence-corrected chi connectivity index (χ1v) is 8.93. The van der Waals surface area contributed by atoms with Crippen LogP contribution >= 0.6 is 35.0 Å². The van der Waals surface area contributed by atoms with Gasteiger partial charge in [-0.05, 0) is 35.4 Å². The van der Waals surface area contributed by atoms with Gasteiger partial charge in [-0.1, -0.05) is 47.5 Å². The highest BCUT2D eigenvalue weighted by atomic mass is 35.5. The second kappa shape index (κ2) is 7.47. The van der Waals surface area contributed by atoms with Gasteiger partial charge in [-0.2, -0.15) is 10.5 Å². The molecule has 0 bridgehead atoms. The molecule has 0 unspecified atom stereocenters. The summed E-state index contributed by atoms with van der Waals surface area (Å²) in [5.74, 6) is 0. The molecule has 0 aliphatic carbocycles. The van der Waals surface area contributed by atoms with Crippen LogP contribution in [0.1, 0.15) is 23.3 Å². The number of thioether (sulfide) groups is 1. The Morgan fingerprint density at radius 1 is 0.750 bits per heavy atom. The third-order valence-corrected chi connectivity index (χ3v) is 5.58. The maximum absolute atomic E-state index is 9.48. The van der Waals surface area contributed by atoms with Gasteiger partial charge in [0.2, 0.25) is 0 Å². The van der Waals surface area contributed by atoms with E-state index in [9.17, 15) is 10.5 Å². The molecular formula is C18H12Cl2N2OS. The highest BCUT2D eigenvalue weighted by Crippen LogP contribution is 2.46. The largest absolute Gasteiger partial charge is 0.361 e. The number of benzene rings is 2. The fraction of sp³-hybridized carbons (Fsp3) is 0.222. The number of hydrogen-bond donors (Lipinski definition) is 0. The van der Waals surface area contributed by atoms with Crippen LogP contribution in [0.25, 0.3) is 0 Å². The lowest BCUT2D eigenvalue weighted by Crippen LogP contribution is -2.32. The first kappa shape index (κ1) is 17.1. The maximum atomic E-state index is 9.48. The van der Waals surface area contributed by atoms with Gasteiger partial charge in [-0.15, -0.1) is 11.8 Å². The van der Waals surface area contributed by atoms with Crippen molar-refractivity contribution in [3.8, 4) is 12.1 Å².